The van der Waals surface area contributed by atoms with E-state index in [1.54, 1.807) is 0 Å². The molecule has 6 heteroatoms. The SMILES string of the molecule is CN=C(NCCCCSC)NCC1CCN(c2ccccc2)C1.I. The zero-order valence-electron chi connectivity index (χ0n) is 14.8. The molecular formula is C18H31IN4S. The van der Waals surface area contributed by atoms with Crippen LogP contribution in [0, 0.1) is 5.92 Å². The molecule has 0 spiro atoms. The Kier molecular flexibility index (Phi) is 11.3. The number of benzene rings is 1. The van der Waals surface area contributed by atoms with E-state index in [4.69, 9.17) is 0 Å². The Bertz CT molecular complexity index is 469. The van der Waals surface area contributed by atoms with Crippen LogP contribution in [0.3, 0.4) is 0 Å². The van der Waals surface area contributed by atoms with Crippen LogP contribution in [0.1, 0.15) is 19.3 Å². The number of nitrogens with zero attached hydrogens (tertiary/aromatic N) is 2. The predicted octanol–water partition coefficient (Wildman–Crippen LogP) is 3.44. The number of unbranched alkanes of at least 4 members (excludes halogenated alkanes) is 1. The first-order chi connectivity index (χ1) is 11.3. The van der Waals surface area contributed by atoms with Gasteiger partial charge in [-0.2, -0.15) is 11.8 Å². The third-order valence-electron chi connectivity index (χ3n) is 4.26. The molecule has 0 aromatic heterocycles. The molecule has 0 radical (unpaired) electrons. The lowest BCUT2D eigenvalue weighted by Crippen LogP contribution is -2.40. The summed E-state index contributed by atoms with van der Waals surface area (Å²) in [7, 11) is 1.85. The van der Waals surface area contributed by atoms with E-state index in [-0.39, 0.29) is 24.0 Å². The first-order valence-corrected chi connectivity index (χ1v) is 9.96. The van der Waals surface area contributed by atoms with E-state index in [1.807, 2.05) is 18.8 Å². The van der Waals surface area contributed by atoms with Gasteiger partial charge in [0.15, 0.2) is 5.96 Å². The average Bonchev–Trinajstić information content (AvgIpc) is 3.07. The van der Waals surface area contributed by atoms with E-state index < -0.39 is 0 Å². The molecule has 0 aliphatic carbocycles. The summed E-state index contributed by atoms with van der Waals surface area (Å²) in [5.74, 6) is 2.86. The summed E-state index contributed by atoms with van der Waals surface area (Å²) in [6, 6.07) is 10.7. The summed E-state index contributed by atoms with van der Waals surface area (Å²) in [5.41, 5.74) is 1.34. The molecule has 0 amide bonds. The van der Waals surface area contributed by atoms with Crippen molar-refractivity contribution < 1.29 is 0 Å². The van der Waals surface area contributed by atoms with Crippen LogP contribution in [0.5, 0.6) is 0 Å². The van der Waals surface area contributed by atoms with Crippen molar-refractivity contribution in [3.05, 3.63) is 30.3 Å². The number of guanidine groups is 1. The second-order valence-corrected chi connectivity index (χ2v) is 7.00. The molecule has 1 aliphatic rings. The Labute approximate surface area is 168 Å². The van der Waals surface area contributed by atoms with Crippen molar-refractivity contribution in [3.8, 4) is 0 Å². The van der Waals surface area contributed by atoms with Crippen LogP contribution in [-0.2, 0) is 0 Å². The van der Waals surface area contributed by atoms with Crippen molar-refractivity contribution in [2.24, 2.45) is 10.9 Å². The largest absolute Gasteiger partial charge is 0.371 e. The Morgan fingerprint density at radius 1 is 1.25 bits per heavy atom. The van der Waals surface area contributed by atoms with Crippen LogP contribution < -0.4 is 15.5 Å². The molecule has 2 rings (SSSR count). The van der Waals surface area contributed by atoms with E-state index in [2.05, 4.69) is 57.1 Å². The summed E-state index contributed by atoms with van der Waals surface area (Å²) in [6.07, 6.45) is 5.87. The number of thioether (sulfide) groups is 1. The minimum atomic E-state index is 0. The van der Waals surface area contributed by atoms with Gasteiger partial charge in [-0.15, -0.1) is 24.0 Å². The lowest BCUT2D eigenvalue weighted by atomic mass is 10.1. The summed E-state index contributed by atoms with van der Waals surface area (Å²) in [6.45, 7) is 4.27. The molecule has 1 aromatic rings. The summed E-state index contributed by atoms with van der Waals surface area (Å²) < 4.78 is 0. The third-order valence-corrected chi connectivity index (χ3v) is 4.95. The number of hydrogen-bond donors (Lipinski definition) is 2. The quantitative estimate of drug-likeness (QED) is 0.269. The fourth-order valence-corrected chi connectivity index (χ4v) is 3.41. The number of para-hydroxylation sites is 1. The Morgan fingerprint density at radius 2 is 2.04 bits per heavy atom. The number of rotatable bonds is 8. The molecule has 1 aliphatic heterocycles. The standard InChI is InChI=1S/C18H30N4S.HI/c1-19-18(20-11-6-7-13-23-2)21-14-16-10-12-22(15-16)17-8-4-3-5-9-17;/h3-5,8-9,16H,6-7,10-15H2,1-2H3,(H2,19,20,21);1H. The van der Waals surface area contributed by atoms with Crippen LogP contribution in [0.2, 0.25) is 0 Å². The molecule has 1 atom stereocenters. The molecule has 1 fully saturated rings. The van der Waals surface area contributed by atoms with Crippen molar-refractivity contribution in [2.75, 3.05) is 50.1 Å². The minimum absolute atomic E-state index is 0. The van der Waals surface area contributed by atoms with Crippen molar-refractivity contribution >= 4 is 47.4 Å². The Morgan fingerprint density at radius 3 is 2.75 bits per heavy atom. The topological polar surface area (TPSA) is 39.7 Å². The highest BCUT2D eigenvalue weighted by atomic mass is 127. The highest BCUT2D eigenvalue weighted by Crippen LogP contribution is 2.22. The third kappa shape index (κ3) is 7.51. The Balaban J connectivity index is 0.00000288. The fourth-order valence-electron chi connectivity index (χ4n) is 2.91. The van der Waals surface area contributed by atoms with E-state index in [0.717, 1.165) is 32.1 Å². The smallest absolute Gasteiger partial charge is 0.190 e. The lowest BCUT2D eigenvalue weighted by molar-refractivity contribution is 0.565. The molecule has 1 aromatic carbocycles. The van der Waals surface area contributed by atoms with Gasteiger partial charge in [0.25, 0.3) is 0 Å². The maximum atomic E-state index is 4.32. The molecule has 1 heterocycles. The lowest BCUT2D eigenvalue weighted by Gasteiger charge is -2.19. The number of halogens is 1. The van der Waals surface area contributed by atoms with E-state index in [1.165, 1.54) is 30.7 Å². The van der Waals surface area contributed by atoms with Gasteiger partial charge in [-0.05, 0) is 49.3 Å². The van der Waals surface area contributed by atoms with Crippen molar-refractivity contribution in [1.29, 1.82) is 0 Å². The van der Waals surface area contributed by atoms with E-state index in [0.29, 0.717) is 5.92 Å². The van der Waals surface area contributed by atoms with Crippen LogP contribution in [0.15, 0.2) is 35.3 Å². The van der Waals surface area contributed by atoms with Crippen molar-refractivity contribution in [3.63, 3.8) is 0 Å². The highest BCUT2D eigenvalue weighted by molar-refractivity contribution is 14.0. The van der Waals surface area contributed by atoms with Crippen LogP contribution >= 0.6 is 35.7 Å². The van der Waals surface area contributed by atoms with Gasteiger partial charge in [0.2, 0.25) is 0 Å². The van der Waals surface area contributed by atoms with Gasteiger partial charge >= 0.3 is 0 Å². The maximum Gasteiger partial charge on any atom is 0.190 e. The minimum Gasteiger partial charge on any atom is -0.371 e. The molecule has 0 saturated carbocycles. The molecule has 136 valence electrons. The first kappa shape index (κ1) is 21.4. The van der Waals surface area contributed by atoms with Gasteiger partial charge < -0.3 is 15.5 Å². The first-order valence-electron chi connectivity index (χ1n) is 8.57. The predicted molar refractivity (Wildman–Crippen MR) is 119 cm³/mol. The van der Waals surface area contributed by atoms with E-state index >= 15 is 0 Å². The van der Waals surface area contributed by atoms with Gasteiger partial charge in [0.05, 0.1) is 0 Å². The summed E-state index contributed by atoms with van der Waals surface area (Å²) in [5, 5.41) is 6.89. The molecule has 2 N–H and O–H groups in total. The van der Waals surface area contributed by atoms with Crippen LogP contribution in [0.4, 0.5) is 5.69 Å². The molecule has 24 heavy (non-hydrogen) atoms. The monoisotopic (exact) mass is 462 g/mol. The second-order valence-electron chi connectivity index (χ2n) is 6.02. The molecule has 0 bridgehead atoms. The van der Waals surface area contributed by atoms with Gasteiger partial charge in [0.1, 0.15) is 0 Å². The molecule has 1 unspecified atom stereocenters. The maximum absolute atomic E-state index is 4.32. The zero-order chi connectivity index (χ0) is 16.3. The second kappa shape index (κ2) is 12.7. The van der Waals surface area contributed by atoms with Crippen molar-refractivity contribution in [1.82, 2.24) is 10.6 Å². The van der Waals surface area contributed by atoms with Gasteiger partial charge in [0, 0.05) is 38.9 Å². The van der Waals surface area contributed by atoms with Gasteiger partial charge in [-0.3, -0.25) is 4.99 Å². The summed E-state index contributed by atoms with van der Waals surface area (Å²) >= 11 is 1.91. The van der Waals surface area contributed by atoms with Crippen LogP contribution in [-0.4, -0.2) is 51.2 Å². The number of anilines is 1. The van der Waals surface area contributed by atoms with Crippen molar-refractivity contribution in [2.45, 2.75) is 19.3 Å². The molecule has 1 saturated heterocycles. The fraction of sp³-hybridized carbons (Fsp3) is 0.611. The summed E-state index contributed by atoms with van der Waals surface area (Å²) in [4.78, 5) is 6.80. The number of hydrogen-bond acceptors (Lipinski definition) is 3. The average molecular weight is 462 g/mol. The van der Waals surface area contributed by atoms with Crippen LogP contribution in [0.25, 0.3) is 0 Å². The van der Waals surface area contributed by atoms with E-state index in [9.17, 15) is 0 Å². The van der Waals surface area contributed by atoms with Gasteiger partial charge in [-0.25, -0.2) is 0 Å². The van der Waals surface area contributed by atoms with Gasteiger partial charge in [-0.1, -0.05) is 18.2 Å². The number of aliphatic imine (C=N–C) groups is 1. The Hall–Kier alpha value is -0.630. The molecular weight excluding hydrogens is 431 g/mol. The number of nitrogens with one attached hydrogen (secondary N) is 2. The molecule has 4 nitrogen and oxygen atoms in total. The normalized spacial score (nSPS) is 17.5. The zero-order valence-corrected chi connectivity index (χ0v) is 18.0. The highest BCUT2D eigenvalue weighted by Gasteiger charge is 2.22.